The fourth-order valence-corrected chi connectivity index (χ4v) is 2.62. The molecule has 1 aliphatic heterocycles. The van der Waals surface area contributed by atoms with Crippen molar-refractivity contribution in [3.8, 4) is 0 Å². The summed E-state index contributed by atoms with van der Waals surface area (Å²) in [5.41, 5.74) is -3.08. The van der Waals surface area contributed by atoms with Gasteiger partial charge in [0.05, 0.1) is 11.2 Å². The first-order chi connectivity index (χ1) is 9.28. The topological polar surface area (TPSA) is 23.5 Å². The third-order valence-electron chi connectivity index (χ3n) is 3.94. The number of aliphatic hydroxyl groups is 1. The summed E-state index contributed by atoms with van der Waals surface area (Å²) < 4.78 is 52.2. The molecule has 1 N–H and O–H groups in total. The van der Waals surface area contributed by atoms with Crippen LogP contribution in [0.25, 0.3) is 0 Å². The fourth-order valence-electron chi connectivity index (χ4n) is 2.62. The van der Waals surface area contributed by atoms with E-state index in [1.807, 2.05) is 6.92 Å². The zero-order chi connectivity index (χ0) is 15.0. The molecular formula is C14H17F4NO. The van der Waals surface area contributed by atoms with Crippen LogP contribution in [-0.2, 0) is 11.8 Å². The molecule has 0 amide bonds. The second-order valence-corrected chi connectivity index (χ2v) is 5.13. The maximum atomic E-state index is 14.1. The van der Waals surface area contributed by atoms with Crippen LogP contribution in [0.1, 0.15) is 30.9 Å². The number of hydrogen-bond acceptors (Lipinski definition) is 2. The zero-order valence-corrected chi connectivity index (χ0v) is 11.2. The molecule has 1 heterocycles. The molecule has 20 heavy (non-hydrogen) atoms. The minimum absolute atomic E-state index is 0.235. The first-order valence-electron chi connectivity index (χ1n) is 6.59. The van der Waals surface area contributed by atoms with Crippen molar-refractivity contribution < 1.29 is 22.7 Å². The van der Waals surface area contributed by atoms with Crippen LogP contribution in [0.2, 0.25) is 0 Å². The van der Waals surface area contributed by atoms with E-state index in [-0.39, 0.29) is 18.4 Å². The Balaban J connectivity index is 2.34. The standard InChI is InChI=1S/C14H17F4NO/c1-2-19-8-6-13(20,7-9-19)10-4-3-5-11(12(10)15)14(16,17)18/h3-5,20H,2,6-9H2,1H3. The summed E-state index contributed by atoms with van der Waals surface area (Å²) in [5, 5.41) is 10.5. The van der Waals surface area contributed by atoms with Crippen molar-refractivity contribution >= 4 is 0 Å². The second kappa shape index (κ2) is 5.33. The highest BCUT2D eigenvalue weighted by molar-refractivity contribution is 5.32. The molecule has 112 valence electrons. The summed E-state index contributed by atoms with van der Waals surface area (Å²) in [6.07, 6.45) is -4.28. The third-order valence-corrected chi connectivity index (χ3v) is 3.94. The summed E-state index contributed by atoms with van der Waals surface area (Å²) in [4.78, 5) is 2.07. The normalized spacial score (nSPS) is 20.1. The summed E-state index contributed by atoms with van der Waals surface area (Å²) in [6.45, 7) is 3.86. The molecule has 6 heteroatoms. The van der Waals surface area contributed by atoms with Gasteiger partial charge in [0.15, 0.2) is 0 Å². The number of halogens is 4. The van der Waals surface area contributed by atoms with Crippen molar-refractivity contribution in [2.75, 3.05) is 19.6 Å². The van der Waals surface area contributed by atoms with Gasteiger partial charge in [-0.2, -0.15) is 13.2 Å². The monoisotopic (exact) mass is 291 g/mol. The van der Waals surface area contributed by atoms with E-state index < -0.39 is 23.2 Å². The van der Waals surface area contributed by atoms with E-state index in [0.717, 1.165) is 12.6 Å². The Hall–Kier alpha value is -1.14. The van der Waals surface area contributed by atoms with Crippen molar-refractivity contribution in [3.05, 3.63) is 35.1 Å². The van der Waals surface area contributed by atoms with Crippen LogP contribution in [0.3, 0.4) is 0 Å². The Morgan fingerprint density at radius 2 is 1.85 bits per heavy atom. The van der Waals surface area contributed by atoms with Crippen LogP contribution in [0.5, 0.6) is 0 Å². The van der Waals surface area contributed by atoms with Crippen LogP contribution in [0, 0.1) is 5.82 Å². The van der Waals surface area contributed by atoms with Crippen LogP contribution in [-0.4, -0.2) is 29.6 Å². The molecule has 0 atom stereocenters. The van der Waals surface area contributed by atoms with Gasteiger partial charge in [-0.05, 0) is 25.5 Å². The minimum Gasteiger partial charge on any atom is -0.385 e. The van der Waals surface area contributed by atoms with E-state index in [1.165, 1.54) is 6.07 Å². The highest BCUT2D eigenvalue weighted by Gasteiger charge is 2.40. The van der Waals surface area contributed by atoms with Gasteiger partial charge in [0, 0.05) is 18.7 Å². The Bertz CT molecular complexity index is 479. The van der Waals surface area contributed by atoms with Crippen LogP contribution in [0.4, 0.5) is 17.6 Å². The number of alkyl halides is 3. The molecule has 0 saturated carbocycles. The van der Waals surface area contributed by atoms with E-state index in [1.54, 1.807) is 0 Å². The minimum atomic E-state index is -4.75. The summed E-state index contributed by atoms with van der Waals surface area (Å²) in [6, 6.07) is 3.08. The van der Waals surface area contributed by atoms with Gasteiger partial charge in [0.1, 0.15) is 5.82 Å². The molecule has 0 bridgehead atoms. The molecule has 1 saturated heterocycles. The predicted octanol–water partition coefficient (Wildman–Crippen LogP) is 3.15. The Morgan fingerprint density at radius 3 is 2.35 bits per heavy atom. The molecule has 0 unspecified atom stereocenters. The molecule has 1 aromatic rings. The SMILES string of the molecule is CCN1CCC(O)(c2cccc(C(F)(F)F)c2F)CC1. The molecular weight excluding hydrogens is 274 g/mol. The van der Waals surface area contributed by atoms with Gasteiger partial charge in [-0.25, -0.2) is 4.39 Å². The Labute approximate surface area is 115 Å². The smallest absolute Gasteiger partial charge is 0.385 e. The highest BCUT2D eigenvalue weighted by atomic mass is 19.4. The summed E-state index contributed by atoms with van der Waals surface area (Å²) >= 11 is 0. The van der Waals surface area contributed by atoms with Crippen molar-refractivity contribution in [2.45, 2.75) is 31.5 Å². The van der Waals surface area contributed by atoms with Gasteiger partial charge in [0.2, 0.25) is 0 Å². The van der Waals surface area contributed by atoms with Gasteiger partial charge in [-0.3, -0.25) is 0 Å². The largest absolute Gasteiger partial charge is 0.419 e. The molecule has 0 aromatic heterocycles. The first kappa shape index (κ1) is 15.3. The first-order valence-corrected chi connectivity index (χ1v) is 6.59. The van der Waals surface area contributed by atoms with Gasteiger partial charge in [-0.1, -0.05) is 19.1 Å². The molecule has 1 fully saturated rings. The molecule has 0 aliphatic carbocycles. The van der Waals surface area contributed by atoms with Crippen molar-refractivity contribution in [1.82, 2.24) is 4.90 Å². The number of hydrogen-bond donors (Lipinski definition) is 1. The lowest BCUT2D eigenvalue weighted by Crippen LogP contribution is -2.43. The molecule has 1 aliphatic rings. The van der Waals surface area contributed by atoms with Gasteiger partial charge < -0.3 is 10.0 Å². The molecule has 1 aromatic carbocycles. The Kier molecular flexibility index (Phi) is 4.07. The van der Waals surface area contributed by atoms with Crippen molar-refractivity contribution in [1.29, 1.82) is 0 Å². The van der Waals surface area contributed by atoms with Gasteiger partial charge in [0.25, 0.3) is 0 Å². The van der Waals surface area contributed by atoms with Crippen LogP contribution < -0.4 is 0 Å². The number of likely N-dealkylation sites (tertiary alicyclic amines) is 1. The van der Waals surface area contributed by atoms with Gasteiger partial charge >= 0.3 is 6.18 Å². The third kappa shape index (κ3) is 2.81. The molecule has 2 rings (SSSR count). The number of nitrogens with zero attached hydrogens (tertiary/aromatic N) is 1. The maximum absolute atomic E-state index is 14.1. The quantitative estimate of drug-likeness (QED) is 0.846. The summed E-state index contributed by atoms with van der Waals surface area (Å²) in [5.74, 6) is -1.35. The second-order valence-electron chi connectivity index (χ2n) is 5.13. The number of rotatable bonds is 2. The lowest BCUT2D eigenvalue weighted by molar-refractivity contribution is -0.140. The number of benzene rings is 1. The van der Waals surface area contributed by atoms with Crippen LogP contribution in [0.15, 0.2) is 18.2 Å². The van der Waals surface area contributed by atoms with E-state index in [0.29, 0.717) is 19.2 Å². The highest BCUT2D eigenvalue weighted by Crippen LogP contribution is 2.39. The lowest BCUT2D eigenvalue weighted by Gasteiger charge is -2.38. The van der Waals surface area contributed by atoms with Crippen molar-refractivity contribution in [2.24, 2.45) is 0 Å². The molecule has 2 nitrogen and oxygen atoms in total. The van der Waals surface area contributed by atoms with E-state index in [4.69, 9.17) is 0 Å². The fraction of sp³-hybridized carbons (Fsp3) is 0.571. The van der Waals surface area contributed by atoms with Crippen LogP contribution >= 0.6 is 0 Å². The average Bonchev–Trinajstić information content (AvgIpc) is 2.38. The van der Waals surface area contributed by atoms with E-state index >= 15 is 0 Å². The average molecular weight is 291 g/mol. The van der Waals surface area contributed by atoms with E-state index in [2.05, 4.69) is 4.90 Å². The van der Waals surface area contributed by atoms with Gasteiger partial charge in [-0.15, -0.1) is 0 Å². The molecule has 0 radical (unpaired) electrons. The number of piperidine rings is 1. The predicted molar refractivity (Wildman–Crippen MR) is 66.6 cm³/mol. The Morgan fingerprint density at radius 1 is 1.25 bits per heavy atom. The van der Waals surface area contributed by atoms with Crippen molar-refractivity contribution in [3.63, 3.8) is 0 Å². The lowest BCUT2D eigenvalue weighted by atomic mass is 9.83. The maximum Gasteiger partial charge on any atom is 0.419 e. The molecule has 0 spiro atoms. The summed E-state index contributed by atoms with van der Waals surface area (Å²) in [7, 11) is 0. The van der Waals surface area contributed by atoms with E-state index in [9.17, 15) is 22.7 Å². The zero-order valence-electron chi connectivity index (χ0n) is 11.2.